The zero-order chi connectivity index (χ0) is 21.7. The third-order valence-corrected chi connectivity index (χ3v) is 5.53. The number of aryl methyl sites for hydroxylation is 1. The summed E-state index contributed by atoms with van der Waals surface area (Å²) in [6, 6.07) is 7.82. The van der Waals surface area contributed by atoms with E-state index in [2.05, 4.69) is 6.92 Å². The lowest BCUT2D eigenvalue weighted by Gasteiger charge is -2.37. The van der Waals surface area contributed by atoms with Crippen molar-refractivity contribution in [1.29, 1.82) is 0 Å². The molecule has 0 bridgehead atoms. The number of rotatable bonds is 9. The van der Waals surface area contributed by atoms with Crippen LogP contribution in [0.1, 0.15) is 51.2 Å². The molecule has 0 N–H and O–H groups in total. The molecule has 1 saturated heterocycles. The van der Waals surface area contributed by atoms with Gasteiger partial charge in [-0.2, -0.15) is 0 Å². The van der Waals surface area contributed by atoms with Crippen LogP contribution in [-0.2, 0) is 19.1 Å². The number of imide groups is 1. The summed E-state index contributed by atoms with van der Waals surface area (Å²) >= 11 is 0. The van der Waals surface area contributed by atoms with Crippen molar-refractivity contribution in [2.45, 2.75) is 59.2 Å². The summed E-state index contributed by atoms with van der Waals surface area (Å²) in [7, 11) is 0. The molecule has 1 aromatic rings. The topological polar surface area (TPSA) is 59.1 Å². The Morgan fingerprint density at radius 2 is 1.63 bits per heavy atom. The second kappa shape index (κ2) is 10.2. The second-order valence-electron chi connectivity index (χ2n) is 8.33. The Morgan fingerprint density at radius 3 is 2.27 bits per heavy atom. The zero-order valence-electron chi connectivity index (χ0n) is 18.6. The summed E-state index contributed by atoms with van der Waals surface area (Å²) in [6.45, 7) is 11.0. The predicted molar refractivity (Wildman–Crippen MR) is 117 cm³/mol. The van der Waals surface area contributed by atoms with Crippen LogP contribution in [0.5, 0.6) is 0 Å². The molecule has 2 amide bonds. The Bertz CT molecular complexity index is 777. The highest BCUT2D eigenvalue weighted by Crippen LogP contribution is 2.33. The fourth-order valence-electron chi connectivity index (χ4n) is 4.07. The van der Waals surface area contributed by atoms with Crippen LogP contribution < -0.4 is 0 Å². The average molecular weight is 415 g/mol. The third-order valence-electron chi connectivity index (χ3n) is 5.53. The first-order chi connectivity index (χ1) is 14.4. The van der Waals surface area contributed by atoms with Gasteiger partial charge in [0.05, 0.1) is 17.8 Å². The summed E-state index contributed by atoms with van der Waals surface area (Å²) in [6.07, 6.45) is 2.77. The summed E-state index contributed by atoms with van der Waals surface area (Å²) in [4.78, 5) is 30.1. The van der Waals surface area contributed by atoms with Crippen LogP contribution in [0.4, 0.5) is 0 Å². The van der Waals surface area contributed by atoms with Gasteiger partial charge in [-0.1, -0.05) is 43.2 Å². The first-order valence-corrected chi connectivity index (χ1v) is 11.1. The Morgan fingerprint density at radius 1 is 1.00 bits per heavy atom. The number of benzene rings is 1. The molecule has 6 heteroatoms. The molecule has 30 heavy (non-hydrogen) atoms. The number of morpholine rings is 1. The fourth-order valence-corrected chi connectivity index (χ4v) is 4.07. The van der Waals surface area contributed by atoms with Gasteiger partial charge in [0, 0.05) is 32.8 Å². The van der Waals surface area contributed by atoms with Crippen molar-refractivity contribution in [3.63, 3.8) is 0 Å². The van der Waals surface area contributed by atoms with Crippen molar-refractivity contribution in [3.05, 3.63) is 41.1 Å². The molecule has 2 atom stereocenters. The number of hydrogen-bond acceptors (Lipinski definition) is 5. The van der Waals surface area contributed by atoms with Gasteiger partial charge < -0.3 is 14.4 Å². The van der Waals surface area contributed by atoms with E-state index >= 15 is 0 Å². The summed E-state index contributed by atoms with van der Waals surface area (Å²) in [5, 5.41) is 0. The van der Waals surface area contributed by atoms with E-state index in [1.165, 1.54) is 4.90 Å². The van der Waals surface area contributed by atoms with Gasteiger partial charge in [0.1, 0.15) is 5.70 Å². The maximum absolute atomic E-state index is 13.4. The van der Waals surface area contributed by atoms with Gasteiger partial charge in [0.2, 0.25) is 0 Å². The van der Waals surface area contributed by atoms with E-state index in [1.54, 1.807) is 0 Å². The van der Waals surface area contributed by atoms with Crippen LogP contribution in [0.2, 0.25) is 0 Å². The highest BCUT2D eigenvalue weighted by molar-refractivity contribution is 6.35. The molecular weight excluding hydrogens is 380 g/mol. The molecular formula is C24H34N2O4. The summed E-state index contributed by atoms with van der Waals surface area (Å²) < 4.78 is 11.5. The minimum absolute atomic E-state index is 0.00411. The van der Waals surface area contributed by atoms with Crippen LogP contribution >= 0.6 is 0 Å². The Kier molecular flexibility index (Phi) is 7.67. The molecule has 2 aliphatic heterocycles. The highest BCUT2D eigenvalue weighted by atomic mass is 16.5. The lowest BCUT2D eigenvalue weighted by atomic mass is 10.0. The maximum atomic E-state index is 13.4. The van der Waals surface area contributed by atoms with Crippen molar-refractivity contribution in [3.8, 4) is 0 Å². The Balaban J connectivity index is 1.83. The second-order valence-corrected chi connectivity index (χ2v) is 8.33. The monoisotopic (exact) mass is 414 g/mol. The van der Waals surface area contributed by atoms with Gasteiger partial charge in [-0.3, -0.25) is 14.5 Å². The molecule has 0 aliphatic carbocycles. The van der Waals surface area contributed by atoms with E-state index in [0.29, 0.717) is 43.9 Å². The fraction of sp³-hybridized carbons (Fsp3) is 0.583. The van der Waals surface area contributed by atoms with Crippen molar-refractivity contribution < 1.29 is 19.1 Å². The molecule has 0 spiro atoms. The molecule has 1 fully saturated rings. The SMILES string of the molecule is CCCCOCCCN1C(=O)C(c2ccc(C)cc2)=C(N2CC(C)OC(C)C2)C1=O. The third kappa shape index (κ3) is 5.10. The van der Waals surface area contributed by atoms with Crippen molar-refractivity contribution >= 4 is 17.4 Å². The van der Waals surface area contributed by atoms with E-state index in [4.69, 9.17) is 9.47 Å². The largest absolute Gasteiger partial charge is 0.381 e. The first kappa shape index (κ1) is 22.5. The van der Waals surface area contributed by atoms with Crippen LogP contribution in [0.3, 0.4) is 0 Å². The molecule has 2 aliphatic rings. The molecule has 2 unspecified atom stereocenters. The quantitative estimate of drug-likeness (QED) is 0.458. The van der Waals surface area contributed by atoms with Crippen LogP contribution in [-0.4, -0.2) is 66.7 Å². The van der Waals surface area contributed by atoms with Gasteiger partial charge in [-0.05, 0) is 39.2 Å². The van der Waals surface area contributed by atoms with Gasteiger partial charge in [-0.25, -0.2) is 0 Å². The number of carbonyl (C=O) groups is 2. The molecule has 6 nitrogen and oxygen atoms in total. The minimum Gasteiger partial charge on any atom is -0.381 e. The van der Waals surface area contributed by atoms with Crippen LogP contribution in [0.15, 0.2) is 30.0 Å². The lowest BCUT2D eigenvalue weighted by Crippen LogP contribution is -2.47. The average Bonchev–Trinajstić information content (AvgIpc) is 2.95. The number of carbonyl (C=O) groups excluding carboxylic acids is 2. The van der Waals surface area contributed by atoms with E-state index in [-0.39, 0.29) is 24.0 Å². The number of amides is 2. The van der Waals surface area contributed by atoms with Crippen LogP contribution in [0, 0.1) is 6.92 Å². The van der Waals surface area contributed by atoms with Gasteiger partial charge in [0.15, 0.2) is 0 Å². The standard InChI is InChI=1S/C24H34N2O4/c1-5-6-13-29-14-7-12-26-23(27)21(20-10-8-17(2)9-11-20)22(24(26)28)25-15-18(3)30-19(4)16-25/h8-11,18-19H,5-7,12-16H2,1-4H3. The van der Waals surface area contributed by atoms with E-state index in [9.17, 15) is 9.59 Å². The molecule has 164 valence electrons. The summed E-state index contributed by atoms with van der Waals surface area (Å²) in [5.41, 5.74) is 2.93. The van der Waals surface area contributed by atoms with E-state index < -0.39 is 0 Å². The number of hydrogen-bond donors (Lipinski definition) is 0. The van der Waals surface area contributed by atoms with E-state index in [1.807, 2.05) is 49.9 Å². The zero-order valence-corrected chi connectivity index (χ0v) is 18.6. The lowest BCUT2D eigenvalue weighted by molar-refractivity contribution is -0.138. The molecule has 1 aromatic carbocycles. The Hall–Kier alpha value is -2.18. The number of nitrogens with zero attached hydrogens (tertiary/aromatic N) is 2. The molecule has 0 saturated carbocycles. The van der Waals surface area contributed by atoms with Gasteiger partial charge in [-0.15, -0.1) is 0 Å². The van der Waals surface area contributed by atoms with Crippen LogP contribution in [0.25, 0.3) is 5.57 Å². The van der Waals surface area contributed by atoms with Gasteiger partial charge >= 0.3 is 0 Å². The van der Waals surface area contributed by atoms with E-state index in [0.717, 1.165) is 30.6 Å². The number of unbranched alkanes of at least 4 members (excludes halogenated alkanes) is 1. The van der Waals surface area contributed by atoms with Gasteiger partial charge in [0.25, 0.3) is 11.8 Å². The van der Waals surface area contributed by atoms with Crippen molar-refractivity contribution in [1.82, 2.24) is 9.80 Å². The van der Waals surface area contributed by atoms with Crippen molar-refractivity contribution in [2.24, 2.45) is 0 Å². The number of ether oxygens (including phenoxy) is 2. The summed E-state index contributed by atoms with van der Waals surface area (Å²) in [5.74, 6) is -0.412. The van der Waals surface area contributed by atoms with Crippen molar-refractivity contribution in [2.75, 3.05) is 32.8 Å². The minimum atomic E-state index is -0.209. The maximum Gasteiger partial charge on any atom is 0.277 e. The molecule has 0 radical (unpaired) electrons. The Labute approximate surface area is 179 Å². The molecule has 3 rings (SSSR count). The normalized spacial score (nSPS) is 22.4. The molecule has 2 heterocycles. The first-order valence-electron chi connectivity index (χ1n) is 11.1. The predicted octanol–water partition coefficient (Wildman–Crippen LogP) is 3.39. The molecule has 0 aromatic heterocycles. The smallest absolute Gasteiger partial charge is 0.277 e. The highest BCUT2D eigenvalue weighted by Gasteiger charge is 2.42.